The maximum absolute atomic E-state index is 11.4. The summed E-state index contributed by atoms with van der Waals surface area (Å²) in [5.74, 6) is -1.52. The number of benzene rings is 1. The zero-order chi connectivity index (χ0) is 11.7. The Labute approximate surface area is 89.6 Å². The van der Waals surface area contributed by atoms with Gasteiger partial charge in [0, 0.05) is 0 Å². The second-order valence-electron chi connectivity index (χ2n) is 3.28. The van der Waals surface area contributed by atoms with Gasteiger partial charge < -0.3 is 14.6 Å². The molecule has 0 aliphatic rings. The lowest BCUT2D eigenvalue weighted by molar-refractivity contribution is -0.136. The maximum Gasteiger partial charge on any atom is 0.343 e. The SMILES string of the molecule is O=C(O)Cc1c(O)c2ccccc2oc1=O. The molecule has 0 saturated heterocycles. The Morgan fingerprint density at radius 2 is 2.00 bits per heavy atom. The van der Waals surface area contributed by atoms with Crippen molar-refractivity contribution in [1.29, 1.82) is 0 Å². The molecule has 1 aromatic carbocycles. The molecule has 82 valence electrons. The minimum Gasteiger partial charge on any atom is -0.507 e. The fraction of sp³-hybridized carbons (Fsp3) is 0.0909. The van der Waals surface area contributed by atoms with E-state index in [9.17, 15) is 14.7 Å². The van der Waals surface area contributed by atoms with Crippen LogP contribution in [0.2, 0.25) is 0 Å². The molecule has 0 spiro atoms. The number of fused-ring (bicyclic) bond motifs is 1. The van der Waals surface area contributed by atoms with Gasteiger partial charge >= 0.3 is 11.6 Å². The van der Waals surface area contributed by atoms with Crippen molar-refractivity contribution in [3.05, 3.63) is 40.2 Å². The van der Waals surface area contributed by atoms with Crippen molar-refractivity contribution in [2.45, 2.75) is 6.42 Å². The smallest absolute Gasteiger partial charge is 0.343 e. The van der Waals surface area contributed by atoms with Crippen molar-refractivity contribution >= 4 is 16.9 Å². The van der Waals surface area contributed by atoms with Crippen LogP contribution in [0.5, 0.6) is 5.75 Å². The molecule has 0 amide bonds. The first-order valence-corrected chi connectivity index (χ1v) is 4.55. The number of carbonyl (C=O) groups is 1. The summed E-state index contributed by atoms with van der Waals surface area (Å²) >= 11 is 0. The number of carboxylic acids is 1. The molecular weight excluding hydrogens is 212 g/mol. The van der Waals surface area contributed by atoms with E-state index in [1.807, 2.05) is 0 Å². The van der Waals surface area contributed by atoms with Crippen molar-refractivity contribution in [3.63, 3.8) is 0 Å². The first-order valence-electron chi connectivity index (χ1n) is 4.55. The summed E-state index contributed by atoms with van der Waals surface area (Å²) in [5.41, 5.74) is -0.816. The highest BCUT2D eigenvalue weighted by Gasteiger charge is 2.15. The summed E-state index contributed by atoms with van der Waals surface area (Å²) < 4.78 is 4.90. The predicted molar refractivity (Wildman–Crippen MR) is 55.5 cm³/mol. The van der Waals surface area contributed by atoms with Crippen LogP contribution in [0.15, 0.2) is 33.5 Å². The Morgan fingerprint density at radius 3 is 2.69 bits per heavy atom. The Morgan fingerprint density at radius 1 is 1.31 bits per heavy atom. The van der Waals surface area contributed by atoms with Gasteiger partial charge in [0.25, 0.3) is 0 Å². The molecule has 16 heavy (non-hydrogen) atoms. The van der Waals surface area contributed by atoms with Crippen LogP contribution in [0, 0.1) is 0 Å². The van der Waals surface area contributed by atoms with Crippen molar-refractivity contribution in [1.82, 2.24) is 0 Å². The minimum absolute atomic E-state index is 0.230. The lowest BCUT2D eigenvalue weighted by atomic mass is 10.1. The van der Waals surface area contributed by atoms with Gasteiger partial charge in [0.15, 0.2) is 0 Å². The molecule has 0 radical (unpaired) electrons. The number of rotatable bonds is 2. The van der Waals surface area contributed by atoms with Crippen LogP contribution in [0.3, 0.4) is 0 Å². The zero-order valence-corrected chi connectivity index (χ0v) is 8.14. The average molecular weight is 220 g/mol. The van der Waals surface area contributed by atoms with Crippen LogP contribution >= 0.6 is 0 Å². The number of hydrogen-bond donors (Lipinski definition) is 2. The van der Waals surface area contributed by atoms with Crippen LogP contribution < -0.4 is 5.63 Å². The van der Waals surface area contributed by atoms with Crippen LogP contribution in [-0.4, -0.2) is 16.2 Å². The normalized spacial score (nSPS) is 10.5. The molecule has 5 nitrogen and oxygen atoms in total. The lowest BCUT2D eigenvalue weighted by Crippen LogP contribution is -2.12. The fourth-order valence-electron chi connectivity index (χ4n) is 1.48. The van der Waals surface area contributed by atoms with E-state index < -0.39 is 18.0 Å². The quantitative estimate of drug-likeness (QED) is 0.740. The summed E-state index contributed by atoms with van der Waals surface area (Å²) in [5, 5.41) is 18.7. The number of hydrogen-bond acceptors (Lipinski definition) is 4. The molecule has 1 aromatic heterocycles. The molecule has 2 rings (SSSR count). The van der Waals surface area contributed by atoms with Gasteiger partial charge in [0.2, 0.25) is 0 Å². The first-order chi connectivity index (χ1) is 7.59. The summed E-state index contributed by atoms with van der Waals surface area (Å²) in [4.78, 5) is 21.9. The van der Waals surface area contributed by atoms with E-state index in [2.05, 4.69) is 0 Å². The van der Waals surface area contributed by atoms with E-state index in [1.165, 1.54) is 6.07 Å². The highest BCUT2D eigenvalue weighted by molar-refractivity contribution is 5.85. The first kappa shape index (κ1) is 10.2. The third-order valence-corrected chi connectivity index (χ3v) is 2.21. The van der Waals surface area contributed by atoms with Gasteiger partial charge in [-0.3, -0.25) is 4.79 Å². The lowest BCUT2D eigenvalue weighted by Gasteiger charge is -2.03. The molecule has 1 heterocycles. The molecule has 0 unspecified atom stereocenters. The molecule has 0 saturated carbocycles. The molecule has 2 N–H and O–H groups in total. The highest BCUT2D eigenvalue weighted by atomic mass is 16.4. The van der Waals surface area contributed by atoms with Gasteiger partial charge in [-0.25, -0.2) is 4.79 Å². The number of aliphatic carboxylic acids is 1. The monoisotopic (exact) mass is 220 g/mol. The van der Waals surface area contributed by atoms with Gasteiger partial charge in [-0.15, -0.1) is 0 Å². The zero-order valence-electron chi connectivity index (χ0n) is 8.14. The van der Waals surface area contributed by atoms with E-state index >= 15 is 0 Å². The van der Waals surface area contributed by atoms with E-state index in [0.29, 0.717) is 5.39 Å². The molecule has 0 fully saturated rings. The van der Waals surface area contributed by atoms with E-state index in [0.717, 1.165) is 0 Å². The van der Waals surface area contributed by atoms with Crippen LogP contribution in [-0.2, 0) is 11.2 Å². The van der Waals surface area contributed by atoms with Gasteiger partial charge in [-0.2, -0.15) is 0 Å². The van der Waals surface area contributed by atoms with Crippen molar-refractivity contribution < 1.29 is 19.4 Å². The Balaban J connectivity index is 2.75. The molecular formula is C11H8O5. The van der Waals surface area contributed by atoms with Gasteiger partial charge in [-0.05, 0) is 12.1 Å². The van der Waals surface area contributed by atoms with Crippen LogP contribution in [0.4, 0.5) is 0 Å². The molecule has 0 aliphatic heterocycles. The topological polar surface area (TPSA) is 87.7 Å². The second kappa shape index (κ2) is 3.69. The molecule has 5 heteroatoms. The van der Waals surface area contributed by atoms with Gasteiger partial charge in [-0.1, -0.05) is 12.1 Å². The summed E-state index contributed by atoms with van der Waals surface area (Å²) in [6.07, 6.45) is -0.557. The van der Waals surface area contributed by atoms with Crippen LogP contribution in [0.1, 0.15) is 5.56 Å². The van der Waals surface area contributed by atoms with E-state index in [-0.39, 0.29) is 16.9 Å². The van der Waals surface area contributed by atoms with Crippen molar-refractivity contribution in [2.24, 2.45) is 0 Å². The molecule has 0 bridgehead atoms. The van der Waals surface area contributed by atoms with Gasteiger partial charge in [0.05, 0.1) is 17.4 Å². The van der Waals surface area contributed by atoms with Crippen molar-refractivity contribution in [2.75, 3.05) is 0 Å². The highest BCUT2D eigenvalue weighted by Crippen LogP contribution is 2.25. The number of para-hydroxylation sites is 1. The molecule has 2 aromatic rings. The minimum atomic E-state index is -1.20. The summed E-state index contributed by atoms with van der Waals surface area (Å²) in [7, 11) is 0. The Kier molecular flexibility index (Phi) is 2.36. The second-order valence-corrected chi connectivity index (χ2v) is 3.28. The van der Waals surface area contributed by atoms with Crippen molar-refractivity contribution in [3.8, 4) is 5.75 Å². The average Bonchev–Trinajstić information content (AvgIpc) is 2.24. The number of aromatic hydroxyl groups is 1. The van der Waals surface area contributed by atoms with Crippen LogP contribution in [0.25, 0.3) is 11.0 Å². The Hall–Kier alpha value is -2.30. The number of carboxylic acid groups (broad SMARTS) is 1. The molecule has 0 atom stereocenters. The van der Waals surface area contributed by atoms with E-state index in [1.54, 1.807) is 18.2 Å². The van der Waals surface area contributed by atoms with E-state index in [4.69, 9.17) is 9.52 Å². The summed E-state index contributed by atoms with van der Waals surface area (Å²) in [6.45, 7) is 0. The maximum atomic E-state index is 11.4. The standard InChI is InChI=1S/C11H8O5/c12-9(13)5-7-10(14)6-3-1-2-4-8(6)16-11(7)15/h1-4,14H,5H2,(H,12,13). The molecule has 0 aliphatic carbocycles. The fourth-order valence-corrected chi connectivity index (χ4v) is 1.48. The predicted octanol–water partition coefficient (Wildman–Crippen LogP) is 1.13. The largest absolute Gasteiger partial charge is 0.507 e. The Bertz CT molecular complexity index is 611. The third kappa shape index (κ3) is 1.63. The van der Waals surface area contributed by atoms with Gasteiger partial charge in [0.1, 0.15) is 11.3 Å². The third-order valence-electron chi connectivity index (χ3n) is 2.21. The summed E-state index contributed by atoms with van der Waals surface area (Å²) in [6, 6.07) is 6.40.